The molecule has 28 heavy (non-hydrogen) atoms. The monoisotopic (exact) mass is 372 g/mol. The van der Waals surface area contributed by atoms with Crippen molar-refractivity contribution in [2.75, 3.05) is 0 Å². The van der Waals surface area contributed by atoms with Gasteiger partial charge in [0.2, 0.25) is 0 Å². The SMILES string of the molecule is CCc1cc(/C(N)=C/C=C\N)cc(C(C)C)c1-n1ccnc1-c1ccccc1. The number of imidazole rings is 1. The number of allylic oxidation sites excluding steroid dienone is 2. The molecule has 0 aliphatic heterocycles. The van der Waals surface area contributed by atoms with E-state index in [0.29, 0.717) is 11.6 Å². The summed E-state index contributed by atoms with van der Waals surface area (Å²) in [5.41, 5.74) is 18.3. The number of nitrogens with two attached hydrogens (primary N) is 2. The first-order valence-electron chi connectivity index (χ1n) is 9.67. The van der Waals surface area contributed by atoms with Crippen molar-refractivity contribution in [1.82, 2.24) is 9.55 Å². The molecule has 0 unspecified atom stereocenters. The average molecular weight is 373 g/mol. The lowest BCUT2D eigenvalue weighted by molar-refractivity contribution is 0.838. The third kappa shape index (κ3) is 3.86. The van der Waals surface area contributed by atoms with E-state index in [4.69, 9.17) is 11.5 Å². The third-order valence-electron chi connectivity index (χ3n) is 4.86. The zero-order chi connectivity index (χ0) is 20.1. The molecular formula is C24H28N4. The van der Waals surface area contributed by atoms with E-state index < -0.39 is 0 Å². The second-order valence-corrected chi connectivity index (χ2v) is 7.08. The predicted molar refractivity (Wildman–Crippen MR) is 118 cm³/mol. The van der Waals surface area contributed by atoms with Crippen LogP contribution in [0.15, 0.2) is 73.2 Å². The summed E-state index contributed by atoms with van der Waals surface area (Å²) in [6.45, 7) is 6.59. The molecule has 144 valence electrons. The van der Waals surface area contributed by atoms with Gasteiger partial charge in [0.05, 0.1) is 5.69 Å². The van der Waals surface area contributed by atoms with Crippen molar-refractivity contribution >= 4 is 5.70 Å². The van der Waals surface area contributed by atoms with Crippen molar-refractivity contribution in [3.05, 3.63) is 89.9 Å². The highest BCUT2D eigenvalue weighted by atomic mass is 15.1. The van der Waals surface area contributed by atoms with Gasteiger partial charge in [0, 0.05) is 23.7 Å². The maximum atomic E-state index is 6.30. The van der Waals surface area contributed by atoms with E-state index in [-0.39, 0.29) is 0 Å². The molecule has 2 aromatic carbocycles. The molecule has 1 heterocycles. The number of aryl methyl sites for hydroxylation is 1. The van der Waals surface area contributed by atoms with Crippen molar-refractivity contribution in [3.63, 3.8) is 0 Å². The molecule has 0 aliphatic carbocycles. The Hall–Kier alpha value is -3.27. The van der Waals surface area contributed by atoms with Gasteiger partial charge in [-0.25, -0.2) is 4.98 Å². The summed E-state index contributed by atoms with van der Waals surface area (Å²) in [5.74, 6) is 1.28. The van der Waals surface area contributed by atoms with Crippen molar-refractivity contribution in [2.24, 2.45) is 11.5 Å². The normalized spacial score (nSPS) is 12.2. The Kier molecular flexibility index (Phi) is 5.99. The molecule has 4 N–H and O–H groups in total. The van der Waals surface area contributed by atoms with E-state index in [1.165, 1.54) is 23.0 Å². The number of hydrogen-bond acceptors (Lipinski definition) is 3. The van der Waals surface area contributed by atoms with Crippen molar-refractivity contribution in [3.8, 4) is 17.1 Å². The average Bonchev–Trinajstić information content (AvgIpc) is 3.20. The highest BCUT2D eigenvalue weighted by Gasteiger charge is 2.18. The molecule has 0 fully saturated rings. The van der Waals surface area contributed by atoms with Crippen LogP contribution >= 0.6 is 0 Å². The number of benzene rings is 2. The Bertz CT molecular complexity index is 995. The molecule has 4 heteroatoms. The van der Waals surface area contributed by atoms with Gasteiger partial charge in [0.25, 0.3) is 0 Å². The summed E-state index contributed by atoms with van der Waals surface area (Å²) in [6, 6.07) is 14.6. The van der Waals surface area contributed by atoms with Crippen LogP contribution in [0.3, 0.4) is 0 Å². The fourth-order valence-electron chi connectivity index (χ4n) is 3.43. The van der Waals surface area contributed by atoms with E-state index in [0.717, 1.165) is 23.4 Å². The Balaban J connectivity index is 2.24. The van der Waals surface area contributed by atoms with Crippen molar-refractivity contribution < 1.29 is 0 Å². The molecule has 0 amide bonds. The number of aromatic nitrogens is 2. The van der Waals surface area contributed by atoms with Crippen LogP contribution in [0.5, 0.6) is 0 Å². The molecule has 0 spiro atoms. The van der Waals surface area contributed by atoms with Gasteiger partial charge in [0.1, 0.15) is 5.82 Å². The Morgan fingerprint density at radius 2 is 1.93 bits per heavy atom. The van der Waals surface area contributed by atoms with Crippen LogP contribution < -0.4 is 11.5 Å². The van der Waals surface area contributed by atoms with E-state index >= 15 is 0 Å². The van der Waals surface area contributed by atoms with Crippen molar-refractivity contribution in [1.29, 1.82) is 0 Å². The summed E-state index contributed by atoms with van der Waals surface area (Å²) >= 11 is 0. The van der Waals surface area contributed by atoms with Crippen LogP contribution in [0.25, 0.3) is 22.8 Å². The second kappa shape index (κ2) is 8.61. The summed E-state index contributed by atoms with van der Waals surface area (Å²) in [6.07, 6.45) is 9.88. The van der Waals surface area contributed by atoms with Gasteiger partial charge >= 0.3 is 0 Å². The fourth-order valence-corrected chi connectivity index (χ4v) is 3.43. The number of rotatable bonds is 6. The summed E-state index contributed by atoms with van der Waals surface area (Å²) in [5, 5.41) is 0. The van der Waals surface area contributed by atoms with Gasteiger partial charge in [-0.05, 0) is 59.5 Å². The molecule has 0 aliphatic rings. The number of nitrogens with zero attached hydrogens (tertiary/aromatic N) is 2. The molecule has 0 atom stereocenters. The third-order valence-corrected chi connectivity index (χ3v) is 4.86. The first-order chi connectivity index (χ1) is 13.6. The fraction of sp³-hybridized carbons (Fsp3) is 0.208. The molecule has 0 radical (unpaired) electrons. The molecule has 1 aromatic heterocycles. The summed E-state index contributed by atoms with van der Waals surface area (Å²) in [7, 11) is 0. The minimum absolute atomic E-state index is 0.337. The Morgan fingerprint density at radius 3 is 2.57 bits per heavy atom. The Morgan fingerprint density at radius 1 is 1.18 bits per heavy atom. The smallest absolute Gasteiger partial charge is 0.144 e. The van der Waals surface area contributed by atoms with Gasteiger partial charge in [-0.2, -0.15) is 0 Å². The zero-order valence-corrected chi connectivity index (χ0v) is 16.8. The van der Waals surface area contributed by atoms with E-state index in [1.54, 1.807) is 6.08 Å². The lowest BCUT2D eigenvalue weighted by Gasteiger charge is -2.21. The quantitative estimate of drug-likeness (QED) is 0.598. The lowest BCUT2D eigenvalue weighted by Crippen LogP contribution is -2.09. The first kappa shape index (κ1) is 19.5. The van der Waals surface area contributed by atoms with Gasteiger partial charge < -0.3 is 11.5 Å². The van der Waals surface area contributed by atoms with E-state index in [1.807, 2.05) is 36.7 Å². The van der Waals surface area contributed by atoms with Crippen LogP contribution in [0.1, 0.15) is 43.4 Å². The van der Waals surface area contributed by atoms with E-state index in [9.17, 15) is 0 Å². The molecule has 3 aromatic rings. The molecule has 3 rings (SSSR count). The van der Waals surface area contributed by atoms with Crippen LogP contribution in [-0.2, 0) is 6.42 Å². The highest BCUT2D eigenvalue weighted by Crippen LogP contribution is 2.33. The molecular weight excluding hydrogens is 344 g/mol. The second-order valence-electron chi connectivity index (χ2n) is 7.08. The minimum Gasteiger partial charge on any atom is -0.405 e. The predicted octanol–water partition coefficient (Wildman–Crippen LogP) is 5.00. The first-order valence-corrected chi connectivity index (χ1v) is 9.67. The van der Waals surface area contributed by atoms with Crippen LogP contribution in [-0.4, -0.2) is 9.55 Å². The number of hydrogen-bond donors (Lipinski definition) is 2. The van der Waals surface area contributed by atoms with Gasteiger partial charge in [-0.3, -0.25) is 4.57 Å². The molecule has 4 nitrogen and oxygen atoms in total. The largest absolute Gasteiger partial charge is 0.405 e. The molecule has 0 saturated heterocycles. The standard InChI is InChI=1S/C24H28N4/c1-4-18-15-20(22(26)11-8-12-25)16-21(17(2)3)23(18)28-14-13-27-24(28)19-9-6-5-7-10-19/h5-17H,4,25-26H2,1-3H3/b12-8-,22-11-. The topological polar surface area (TPSA) is 69.9 Å². The van der Waals surface area contributed by atoms with Gasteiger partial charge in [0.15, 0.2) is 0 Å². The minimum atomic E-state index is 0.337. The van der Waals surface area contributed by atoms with Gasteiger partial charge in [-0.15, -0.1) is 0 Å². The highest BCUT2D eigenvalue weighted by molar-refractivity contribution is 5.70. The van der Waals surface area contributed by atoms with Crippen LogP contribution in [0.4, 0.5) is 0 Å². The van der Waals surface area contributed by atoms with Crippen LogP contribution in [0, 0.1) is 0 Å². The van der Waals surface area contributed by atoms with Crippen molar-refractivity contribution in [2.45, 2.75) is 33.1 Å². The lowest BCUT2D eigenvalue weighted by atomic mass is 9.92. The maximum Gasteiger partial charge on any atom is 0.144 e. The van der Waals surface area contributed by atoms with E-state index in [2.05, 4.69) is 54.6 Å². The Labute approximate surface area is 167 Å². The zero-order valence-electron chi connectivity index (χ0n) is 16.8. The molecule has 0 saturated carbocycles. The van der Waals surface area contributed by atoms with Gasteiger partial charge in [-0.1, -0.05) is 51.1 Å². The summed E-state index contributed by atoms with van der Waals surface area (Å²) < 4.78 is 2.20. The maximum absolute atomic E-state index is 6.30. The van der Waals surface area contributed by atoms with Crippen LogP contribution in [0.2, 0.25) is 0 Å². The summed E-state index contributed by atoms with van der Waals surface area (Å²) in [4.78, 5) is 4.64. The molecule has 0 bridgehead atoms.